The van der Waals surface area contributed by atoms with Crippen LogP contribution in [0.5, 0.6) is 0 Å². The quantitative estimate of drug-likeness (QED) is 0.220. The molecule has 0 aromatic heterocycles. The maximum Gasteiger partial charge on any atom is 0.305 e. The predicted octanol–water partition coefficient (Wildman–Crippen LogP) is -4.51. The number of carbonyl (C=O) groups excluding carboxylic acids is 2. The Hall–Kier alpha value is -1.59. The van der Waals surface area contributed by atoms with Crippen molar-refractivity contribution in [2.24, 2.45) is 0 Å². The van der Waals surface area contributed by atoms with Gasteiger partial charge in [0.05, 0.1) is 13.0 Å². The van der Waals surface area contributed by atoms with Gasteiger partial charge < -0.3 is 36.0 Å². The Balaban J connectivity index is 4.60. The Labute approximate surface area is 113 Å². The van der Waals surface area contributed by atoms with Gasteiger partial charge in [-0.3, -0.25) is 14.4 Å². The summed E-state index contributed by atoms with van der Waals surface area (Å²) in [6.45, 7) is -0.920. The summed E-state index contributed by atoms with van der Waals surface area (Å²) in [6.07, 6.45) is -7.75. The summed E-state index contributed by atoms with van der Waals surface area (Å²) in [4.78, 5) is 32.1. The van der Waals surface area contributed by atoms with E-state index in [1.807, 2.05) is 0 Å². The first-order valence-corrected chi connectivity index (χ1v) is 5.47. The Morgan fingerprint density at radius 2 is 1.65 bits per heavy atom. The molecule has 5 atom stereocenters. The van der Waals surface area contributed by atoms with Gasteiger partial charge >= 0.3 is 5.97 Å². The van der Waals surface area contributed by atoms with E-state index in [0.29, 0.717) is 0 Å². The van der Waals surface area contributed by atoms with Crippen LogP contribution in [0, 0.1) is 0 Å². The van der Waals surface area contributed by atoms with Gasteiger partial charge in [0.2, 0.25) is 6.29 Å². The van der Waals surface area contributed by atoms with Gasteiger partial charge in [-0.15, -0.1) is 0 Å². The van der Waals surface area contributed by atoms with E-state index in [0.717, 1.165) is 0 Å². The molecule has 0 saturated heterocycles. The summed E-state index contributed by atoms with van der Waals surface area (Å²) in [6, 6.07) is -1.54. The smallest absolute Gasteiger partial charge is 0.305 e. The molecule has 0 saturated carbocycles. The number of aliphatic carboxylic acids is 1. The molecule has 0 aromatic rings. The normalized spacial score (nSPS) is 18.4. The maximum absolute atomic E-state index is 11.4. The third-order valence-electron chi connectivity index (χ3n) is 2.36. The van der Waals surface area contributed by atoms with Gasteiger partial charge in [-0.2, -0.15) is 0 Å². The van der Waals surface area contributed by atoms with Crippen molar-refractivity contribution in [1.82, 2.24) is 5.32 Å². The van der Waals surface area contributed by atoms with Crippen LogP contribution in [0.25, 0.3) is 0 Å². The summed E-state index contributed by atoms with van der Waals surface area (Å²) in [5.41, 5.74) is 0. The molecule has 10 heteroatoms. The van der Waals surface area contributed by atoms with Gasteiger partial charge in [0.25, 0.3) is 5.91 Å². The van der Waals surface area contributed by atoms with E-state index in [9.17, 15) is 29.7 Å². The minimum Gasteiger partial charge on any atom is -0.481 e. The molecule has 0 bridgehead atoms. The molecule has 1 amide bonds. The summed E-state index contributed by atoms with van der Waals surface area (Å²) in [5.74, 6) is -2.74. The fourth-order valence-corrected chi connectivity index (χ4v) is 1.23. The topological polar surface area (TPSA) is 185 Å². The molecule has 0 unspecified atom stereocenters. The van der Waals surface area contributed by atoms with Gasteiger partial charge in [-0.1, -0.05) is 0 Å². The lowest BCUT2D eigenvalue weighted by Gasteiger charge is -2.25. The van der Waals surface area contributed by atoms with Crippen molar-refractivity contribution in [2.75, 3.05) is 6.61 Å². The number of amides is 1. The molecule has 0 aromatic carbocycles. The van der Waals surface area contributed by atoms with Crippen LogP contribution in [0.3, 0.4) is 0 Å². The van der Waals surface area contributed by atoms with Crippen LogP contribution < -0.4 is 5.32 Å². The summed E-state index contributed by atoms with van der Waals surface area (Å²) in [5, 5.41) is 55.8. The summed E-state index contributed by atoms with van der Waals surface area (Å²) in [7, 11) is 0. The van der Waals surface area contributed by atoms with E-state index in [-0.39, 0.29) is 0 Å². The number of rotatable bonds is 9. The van der Waals surface area contributed by atoms with E-state index < -0.39 is 55.4 Å². The second kappa shape index (κ2) is 8.55. The van der Waals surface area contributed by atoms with Gasteiger partial charge in [-0.25, -0.2) is 0 Å². The summed E-state index contributed by atoms with van der Waals surface area (Å²) >= 11 is 0. The van der Waals surface area contributed by atoms with Crippen LogP contribution in [0.1, 0.15) is 6.42 Å². The molecule has 7 N–H and O–H groups in total. The van der Waals surface area contributed by atoms with Gasteiger partial charge in [-0.05, 0) is 0 Å². The highest BCUT2D eigenvalue weighted by molar-refractivity contribution is 5.85. The fourth-order valence-electron chi connectivity index (χ4n) is 1.23. The molecule has 0 aliphatic rings. The molecule has 0 aliphatic heterocycles. The largest absolute Gasteiger partial charge is 0.481 e. The Morgan fingerprint density at radius 1 is 1.10 bits per heavy atom. The second-order valence-corrected chi connectivity index (χ2v) is 3.95. The van der Waals surface area contributed by atoms with Crippen LogP contribution >= 0.6 is 0 Å². The number of carbonyl (C=O) groups is 2. The zero-order chi connectivity index (χ0) is 15.9. The van der Waals surface area contributed by atoms with Crippen LogP contribution in [-0.4, -0.2) is 85.9 Å². The zero-order valence-corrected chi connectivity index (χ0v) is 10.2. The highest BCUT2D eigenvalue weighted by Crippen LogP contribution is 2.05. The van der Waals surface area contributed by atoms with E-state index in [1.165, 1.54) is 6.29 Å². The van der Waals surface area contributed by atoms with Gasteiger partial charge in [0.15, 0.2) is 6.10 Å². The molecular formula is C10H16NO9. The molecular weight excluding hydrogens is 278 g/mol. The first kappa shape index (κ1) is 18.4. The lowest BCUT2D eigenvalue weighted by Crippen LogP contribution is -2.53. The average Bonchev–Trinajstić information content (AvgIpc) is 2.42. The molecule has 20 heavy (non-hydrogen) atoms. The Kier molecular flexibility index (Phi) is 7.87. The molecule has 115 valence electrons. The Morgan fingerprint density at radius 3 is 2.05 bits per heavy atom. The van der Waals surface area contributed by atoms with Crippen molar-refractivity contribution in [1.29, 1.82) is 0 Å². The van der Waals surface area contributed by atoms with E-state index in [1.54, 1.807) is 5.32 Å². The van der Waals surface area contributed by atoms with Crippen molar-refractivity contribution in [3.8, 4) is 0 Å². The van der Waals surface area contributed by atoms with E-state index in [2.05, 4.69) is 0 Å². The van der Waals surface area contributed by atoms with Crippen molar-refractivity contribution in [2.45, 2.75) is 36.9 Å². The lowest BCUT2D eigenvalue weighted by molar-refractivity contribution is -0.149. The van der Waals surface area contributed by atoms with E-state index in [4.69, 9.17) is 15.3 Å². The summed E-state index contributed by atoms with van der Waals surface area (Å²) < 4.78 is 0. The van der Waals surface area contributed by atoms with Gasteiger partial charge in [0.1, 0.15) is 24.4 Å². The van der Waals surface area contributed by atoms with Crippen LogP contribution in [0.2, 0.25) is 0 Å². The SMILES string of the molecule is O=[C][C@H](CC(=O)O)NC(=O)[C@H](O)[C@@H](O)[C@H](O)[C@H](O)CO. The van der Waals surface area contributed by atoms with Crippen molar-refractivity contribution in [3.63, 3.8) is 0 Å². The zero-order valence-electron chi connectivity index (χ0n) is 10.2. The monoisotopic (exact) mass is 294 g/mol. The van der Waals surface area contributed by atoms with Gasteiger partial charge in [0, 0.05) is 0 Å². The minimum absolute atomic E-state index is 0.778. The first-order valence-electron chi connectivity index (χ1n) is 5.47. The fraction of sp³-hybridized carbons (Fsp3) is 0.700. The number of carboxylic acid groups (broad SMARTS) is 1. The number of carboxylic acids is 1. The highest BCUT2D eigenvalue weighted by Gasteiger charge is 2.35. The van der Waals surface area contributed by atoms with Crippen molar-refractivity contribution < 1.29 is 45.0 Å². The molecule has 0 aliphatic carbocycles. The van der Waals surface area contributed by atoms with Crippen molar-refractivity contribution in [3.05, 3.63) is 0 Å². The minimum atomic E-state index is -2.24. The Bertz CT molecular complexity index is 348. The molecule has 0 fully saturated rings. The van der Waals surface area contributed by atoms with E-state index >= 15 is 0 Å². The average molecular weight is 294 g/mol. The molecule has 1 radical (unpaired) electrons. The lowest BCUT2D eigenvalue weighted by atomic mass is 10.0. The maximum atomic E-state index is 11.4. The number of hydrogen-bond acceptors (Lipinski definition) is 8. The highest BCUT2D eigenvalue weighted by atomic mass is 16.4. The molecule has 0 spiro atoms. The van der Waals surface area contributed by atoms with Crippen LogP contribution in [0.4, 0.5) is 0 Å². The molecule has 0 rings (SSSR count). The first-order chi connectivity index (χ1) is 9.24. The van der Waals surface area contributed by atoms with Crippen molar-refractivity contribution >= 4 is 18.2 Å². The molecule has 0 heterocycles. The predicted molar refractivity (Wildman–Crippen MR) is 61.0 cm³/mol. The number of nitrogens with one attached hydrogen (secondary N) is 1. The number of aliphatic hydroxyl groups is 5. The third-order valence-corrected chi connectivity index (χ3v) is 2.36. The second-order valence-electron chi connectivity index (χ2n) is 3.95. The number of aliphatic hydroxyl groups excluding tert-OH is 5. The van der Waals surface area contributed by atoms with Crippen LogP contribution in [-0.2, 0) is 14.4 Å². The third kappa shape index (κ3) is 5.59. The standard InChI is InChI=1S/C10H16NO9/c12-2-4(1-6(15)16)11-10(20)9(19)8(18)7(17)5(14)3-13/h4-5,7-9,13-14,17-19H,1,3H2,(H,11,20)(H,15,16)/t4-,5+,7+,8-,9+/m0/s1. The molecule has 10 nitrogen and oxygen atoms in total. The number of hydrogen-bond donors (Lipinski definition) is 7. The van der Waals surface area contributed by atoms with Crippen LogP contribution in [0.15, 0.2) is 0 Å².